The Morgan fingerprint density at radius 3 is 2.31 bits per heavy atom. The first kappa shape index (κ1) is 12.8. The molecular formula is C15H22O. The second-order valence-corrected chi connectivity index (χ2v) is 5.34. The van der Waals surface area contributed by atoms with Crippen LogP contribution in [-0.4, -0.2) is 6.10 Å². The average molecular weight is 218 g/mol. The zero-order valence-electron chi connectivity index (χ0n) is 11.0. The van der Waals surface area contributed by atoms with E-state index in [9.17, 15) is 0 Å². The van der Waals surface area contributed by atoms with Crippen LogP contribution < -0.4 is 4.74 Å². The fourth-order valence-electron chi connectivity index (χ4n) is 1.67. The Bertz CT molecular complexity index is 370. The molecule has 88 valence electrons. The number of ether oxygens (including phenoxy) is 1. The molecule has 0 aromatic heterocycles. The minimum absolute atomic E-state index is 0.0866. The summed E-state index contributed by atoms with van der Waals surface area (Å²) in [5.41, 5.74) is 2.39. The zero-order chi connectivity index (χ0) is 12.3. The van der Waals surface area contributed by atoms with Crippen LogP contribution in [0.25, 0.3) is 6.08 Å². The second-order valence-electron chi connectivity index (χ2n) is 5.34. The van der Waals surface area contributed by atoms with E-state index in [1.165, 1.54) is 5.56 Å². The maximum absolute atomic E-state index is 5.92. The van der Waals surface area contributed by atoms with Crippen LogP contribution in [0, 0.1) is 0 Å². The van der Waals surface area contributed by atoms with Crippen molar-refractivity contribution >= 4 is 6.08 Å². The van der Waals surface area contributed by atoms with Gasteiger partial charge in [-0.1, -0.05) is 51.6 Å². The Morgan fingerprint density at radius 2 is 1.88 bits per heavy atom. The third-order valence-corrected chi connectivity index (χ3v) is 2.43. The maximum Gasteiger partial charge on any atom is 0.130 e. The summed E-state index contributed by atoms with van der Waals surface area (Å²) in [6, 6.07) is 6.23. The SMILES string of the molecule is C=Cc1cccc(C(C)(C)C)c1OC(C)C. The van der Waals surface area contributed by atoms with Crippen LogP contribution >= 0.6 is 0 Å². The van der Waals surface area contributed by atoms with Crippen LogP contribution in [0.3, 0.4) is 0 Å². The number of benzene rings is 1. The normalized spacial score (nSPS) is 11.6. The van der Waals surface area contributed by atoms with Gasteiger partial charge in [0.15, 0.2) is 0 Å². The van der Waals surface area contributed by atoms with Crippen LogP contribution in [0.4, 0.5) is 0 Å². The summed E-state index contributed by atoms with van der Waals surface area (Å²) in [5.74, 6) is 0.972. The predicted molar refractivity (Wildman–Crippen MR) is 71.0 cm³/mol. The molecule has 0 amide bonds. The molecule has 0 saturated heterocycles. The molecule has 0 saturated carbocycles. The minimum Gasteiger partial charge on any atom is -0.490 e. The van der Waals surface area contributed by atoms with Gasteiger partial charge >= 0.3 is 0 Å². The molecule has 0 spiro atoms. The summed E-state index contributed by atoms with van der Waals surface area (Å²) in [7, 11) is 0. The van der Waals surface area contributed by atoms with Gasteiger partial charge in [0.1, 0.15) is 5.75 Å². The maximum atomic E-state index is 5.92. The van der Waals surface area contributed by atoms with E-state index in [-0.39, 0.29) is 11.5 Å². The fourth-order valence-corrected chi connectivity index (χ4v) is 1.67. The molecule has 0 heterocycles. The van der Waals surface area contributed by atoms with Crippen LogP contribution in [-0.2, 0) is 5.41 Å². The number of hydrogen-bond acceptors (Lipinski definition) is 1. The molecule has 1 aromatic carbocycles. The molecule has 0 radical (unpaired) electrons. The largest absolute Gasteiger partial charge is 0.490 e. The lowest BCUT2D eigenvalue weighted by molar-refractivity contribution is 0.236. The Labute approximate surface area is 99.1 Å². The number of hydrogen-bond donors (Lipinski definition) is 0. The fraction of sp³-hybridized carbons (Fsp3) is 0.467. The summed E-state index contributed by atoms with van der Waals surface area (Å²) in [4.78, 5) is 0. The van der Waals surface area contributed by atoms with Crippen molar-refractivity contribution in [2.24, 2.45) is 0 Å². The van der Waals surface area contributed by atoms with Gasteiger partial charge in [-0.05, 0) is 19.3 Å². The Balaban J connectivity index is 3.31. The highest BCUT2D eigenvalue weighted by Gasteiger charge is 2.20. The first-order valence-corrected chi connectivity index (χ1v) is 5.79. The Morgan fingerprint density at radius 1 is 1.25 bits per heavy atom. The van der Waals surface area contributed by atoms with Gasteiger partial charge in [-0.2, -0.15) is 0 Å². The van der Waals surface area contributed by atoms with Crippen LogP contribution in [0.1, 0.15) is 45.7 Å². The van der Waals surface area contributed by atoms with Gasteiger partial charge in [-0.15, -0.1) is 0 Å². The standard InChI is InChI=1S/C15H22O/c1-7-12-9-8-10-13(15(4,5)6)14(12)16-11(2)3/h7-11H,1H2,2-6H3. The average Bonchev–Trinajstić information content (AvgIpc) is 2.15. The van der Waals surface area contributed by atoms with Gasteiger partial charge in [-0.25, -0.2) is 0 Å². The second kappa shape index (κ2) is 4.73. The van der Waals surface area contributed by atoms with Crippen LogP contribution in [0.2, 0.25) is 0 Å². The van der Waals surface area contributed by atoms with Crippen molar-refractivity contribution in [2.45, 2.75) is 46.1 Å². The topological polar surface area (TPSA) is 9.23 Å². The number of rotatable bonds is 3. The Hall–Kier alpha value is -1.24. The van der Waals surface area contributed by atoms with Crippen molar-refractivity contribution < 1.29 is 4.74 Å². The van der Waals surface area contributed by atoms with E-state index in [4.69, 9.17) is 4.74 Å². The van der Waals surface area contributed by atoms with Crippen LogP contribution in [0.15, 0.2) is 24.8 Å². The molecule has 1 aromatic rings. The van der Waals surface area contributed by atoms with Crippen molar-refractivity contribution in [1.82, 2.24) is 0 Å². The van der Waals surface area contributed by atoms with Crippen LogP contribution in [0.5, 0.6) is 5.75 Å². The van der Waals surface area contributed by atoms with Crippen molar-refractivity contribution in [1.29, 1.82) is 0 Å². The van der Waals surface area contributed by atoms with Gasteiger partial charge < -0.3 is 4.74 Å². The monoisotopic (exact) mass is 218 g/mol. The van der Waals surface area contributed by atoms with E-state index in [2.05, 4.69) is 39.5 Å². The van der Waals surface area contributed by atoms with E-state index in [0.29, 0.717) is 0 Å². The molecule has 0 aliphatic heterocycles. The first-order valence-electron chi connectivity index (χ1n) is 5.79. The quantitative estimate of drug-likeness (QED) is 0.730. The lowest BCUT2D eigenvalue weighted by Gasteiger charge is -2.25. The molecule has 0 unspecified atom stereocenters. The summed E-state index contributed by atoms with van der Waals surface area (Å²) >= 11 is 0. The zero-order valence-corrected chi connectivity index (χ0v) is 11.0. The highest BCUT2D eigenvalue weighted by atomic mass is 16.5. The molecule has 0 N–H and O–H groups in total. The van der Waals surface area contributed by atoms with Gasteiger partial charge in [0.25, 0.3) is 0 Å². The van der Waals surface area contributed by atoms with Gasteiger partial charge in [0.2, 0.25) is 0 Å². The lowest BCUT2D eigenvalue weighted by atomic mass is 9.85. The third kappa shape index (κ3) is 2.88. The van der Waals surface area contributed by atoms with E-state index in [1.807, 2.05) is 26.0 Å². The molecule has 0 aliphatic rings. The molecule has 0 atom stereocenters. The van der Waals surface area contributed by atoms with Crippen molar-refractivity contribution in [3.8, 4) is 5.75 Å². The molecule has 0 fully saturated rings. The molecule has 0 aliphatic carbocycles. The van der Waals surface area contributed by atoms with E-state index in [0.717, 1.165) is 11.3 Å². The summed E-state index contributed by atoms with van der Waals surface area (Å²) in [6.45, 7) is 14.5. The summed E-state index contributed by atoms with van der Waals surface area (Å²) < 4.78 is 5.92. The van der Waals surface area contributed by atoms with Crippen molar-refractivity contribution in [2.75, 3.05) is 0 Å². The third-order valence-electron chi connectivity index (χ3n) is 2.43. The molecule has 1 heteroatoms. The molecule has 1 rings (SSSR count). The highest BCUT2D eigenvalue weighted by Crippen LogP contribution is 2.35. The van der Waals surface area contributed by atoms with Crippen molar-refractivity contribution in [3.63, 3.8) is 0 Å². The number of para-hydroxylation sites is 1. The lowest BCUT2D eigenvalue weighted by Crippen LogP contribution is -2.16. The van der Waals surface area contributed by atoms with E-state index < -0.39 is 0 Å². The van der Waals surface area contributed by atoms with Gasteiger partial charge in [-0.3, -0.25) is 0 Å². The Kier molecular flexibility index (Phi) is 3.79. The van der Waals surface area contributed by atoms with Gasteiger partial charge in [0, 0.05) is 11.1 Å². The molecule has 1 nitrogen and oxygen atoms in total. The van der Waals surface area contributed by atoms with E-state index >= 15 is 0 Å². The molecule has 16 heavy (non-hydrogen) atoms. The smallest absolute Gasteiger partial charge is 0.130 e. The first-order chi connectivity index (χ1) is 7.36. The minimum atomic E-state index is 0.0866. The van der Waals surface area contributed by atoms with Gasteiger partial charge in [0.05, 0.1) is 6.10 Å². The summed E-state index contributed by atoms with van der Waals surface area (Å²) in [5, 5.41) is 0. The molecule has 0 bridgehead atoms. The summed E-state index contributed by atoms with van der Waals surface area (Å²) in [6.07, 6.45) is 2.04. The molecular weight excluding hydrogens is 196 g/mol. The predicted octanol–water partition coefficient (Wildman–Crippen LogP) is 4.41. The van der Waals surface area contributed by atoms with Crippen molar-refractivity contribution in [3.05, 3.63) is 35.9 Å². The highest BCUT2D eigenvalue weighted by molar-refractivity contribution is 5.60. The van der Waals surface area contributed by atoms with E-state index in [1.54, 1.807) is 0 Å².